The molecule has 3 aromatic carbocycles. The molecule has 1 aliphatic rings. The molecular formula is C61H88I2N12O15S. The number of unbranched alkanes of at least 4 members (excludes halogenated alkanes) is 1. The van der Waals surface area contributed by atoms with Gasteiger partial charge in [0.05, 0.1) is 58.7 Å². The van der Waals surface area contributed by atoms with Crippen molar-refractivity contribution in [3.63, 3.8) is 0 Å². The third-order valence-electron chi connectivity index (χ3n) is 13.8. The van der Waals surface area contributed by atoms with E-state index in [1.807, 2.05) is 32.0 Å². The molecule has 0 saturated carbocycles. The summed E-state index contributed by atoms with van der Waals surface area (Å²) in [5.41, 5.74) is 14.0. The van der Waals surface area contributed by atoms with Crippen LogP contribution >= 0.6 is 56.9 Å². The number of nitrogens with one attached hydrogen (secondary N) is 10. The van der Waals surface area contributed by atoms with Gasteiger partial charge in [-0.25, -0.2) is 0 Å². The molecule has 502 valence electrons. The second-order valence-corrected chi connectivity index (χ2v) is 25.3. The van der Waals surface area contributed by atoms with Crippen LogP contribution in [-0.2, 0) is 81.4 Å². The average Bonchev–Trinajstić information content (AvgIpc) is 2.55. The van der Waals surface area contributed by atoms with Crippen LogP contribution in [0.25, 0.3) is 0 Å². The van der Waals surface area contributed by atoms with Crippen molar-refractivity contribution in [2.75, 3.05) is 84.7 Å². The van der Waals surface area contributed by atoms with E-state index in [4.69, 9.17) is 25.7 Å². The van der Waals surface area contributed by atoms with Crippen molar-refractivity contribution >= 4 is 116 Å². The Hall–Kier alpha value is -6.43. The lowest BCUT2D eigenvalue weighted by Crippen LogP contribution is -2.56. The van der Waals surface area contributed by atoms with Crippen LogP contribution in [0, 0.1) is 13.1 Å². The molecule has 1 heterocycles. The Morgan fingerprint density at radius 3 is 1.81 bits per heavy atom. The second-order valence-electron chi connectivity index (χ2n) is 21.8. The van der Waals surface area contributed by atoms with Crippen molar-refractivity contribution in [1.29, 1.82) is 0 Å². The zero-order valence-electron chi connectivity index (χ0n) is 51.4. The van der Waals surface area contributed by atoms with Crippen molar-refractivity contribution in [1.82, 2.24) is 53.2 Å². The number of rotatable bonds is 44. The number of thioether (sulfide) groups is 1. The highest BCUT2D eigenvalue weighted by molar-refractivity contribution is 14.1. The Labute approximate surface area is 562 Å². The number of halogens is 2. The van der Waals surface area contributed by atoms with E-state index in [-0.39, 0.29) is 73.8 Å². The number of carbonyl (C=O) groups excluding carboxylic acids is 10. The van der Waals surface area contributed by atoms with Crippen LogP contribution < -0.4 is 64.6 Å². The van der Waals surface area contributed by atoms with Gasteiger partial charge in [0, 0.05) is 64.4 Å². The fourth-order valence-corrected chi connectivity index (χ4v) is 11.9. The van der Waals surface area contributed by atoms with Gasteiger partial charge in [-0.2, -0.15) is 0 Å². The summed E-state index contributed by atoms with van der Waals surface area (Å²) in [6.45, 7) is 6.12. The fraction of sp³-hybridized carbons (Fsp3) is 0.541. The Balaban J connectivity index is 0.984. The van der Waals surface area contributed by atoms with Gasteiger partial charge < -0.3 is 83.7 Å². The van der Waals surface area contributed by atoms with Crippen LogP contribution in [0.2, 0.25) is 0 Å². The molecule has 91 heavy (non-hydrogen) atoms. The lowest BCUT2D eigenvalue weighted by molar-refractivity contribution is -0.132. The maximum Gasteiger partial charge on any atom is 0.247 e. The summed E-state index contributed by atoms with van der Waals surface area (Å²) >= 11 is 5.47. The highest BCUT2D eigenvalue weighted by atomic mass is 127. The number of hydrogen-bond acceptors (Lipinski definition) is 18. The van der Waals surface area contributed by atoms with E-state index in [9.17, 15) is 58.2 Å². The molecule has 1 fully saturated rings. The molecule has 27 nitrogen and oxygen atoms in total. The third kappa shape index (κ3) is 32.1. The largest absolute Gasteiger partial charge is 0.508 e. The van der Waals surface area contributed by atoms with Crippen molar-refractivity contribution in [3.05, 3.63) is 90.6 Å². The van der Waals surface area contributed by atoms with E-state index < -0.39 is 90.0 Å². The van der Waals surface area contributed by atoms with Crippen LogP contribution in [-0.4, -0.2) is 190 Å². The molecule has 3 aromatic rings. The molecule has 0 radical (unpaired) electrons. The number of ether oxygens (including phenoxy) is 3. The molecule has 30 heteroatoms. The first-order chi connectivity index (χ1) is 43.6. The van der Waals surface area contributed by atoms with Crippen LogP contribution in [0.3, 0.4) is 0 Å². The first-order valence-electron chi connectivity index (χ1n) is 30.3. The zero-order chi connectivity index (χ0) is 66.5. The van der Waals surface area contributed by atoms with E-state index >= 15 is 0 Å². The van der Waals surface area contributed by atoms with Crippen molar-refractivity contribution in [2.45, 2.75) is 120 Å². The zero-order valence-corrected chi connectivity index (χ0v) is 56.5. The van der Waals surface area contributed by atoms with Crippen molar-refractivity contribution in [2.24, 2.45) is 17.4 Å². The number of benzene rings is 3. The molecule has 6 atom stereocenters. The van der Waals surface area contributed by atoms with E-state index in [0.717, 1.165) is 18.3 Å². The molecule has 0 aliphatic carbocycles. The summed E-state index contributed by atoms with van der Waals surface area (Å²) in [7, 11) is 0. The van der Waals surface area contributed by atoms with Crippen molar-refractivity contribution < 1.29 is 72.4 Å². The standard InChI is InChI=1S/C61H88I2N12O15S/c1-38(2)30-47(74-59(86)48(34-39-10-4-3-5-11-39)73-53(80)36-70-52(79)35-71-56(83)45(64)33-40-13-15-42(76)16-14-40)57(84)68-22-9-25-89-27-29-90-28-26-88-24-8-21-66-50(77)17-18-51(78)72-46(55(65)82)12-6-7-20-67-58(85)49-37-91-61(75-49)60(87)69-23-19-41-31-43(62)54(81)44(63)32-41/h3-5,10-11,13-16,31-32,38,45-49,61,75-76,81H,6-9,12,17-30,33-37,64H2,1-2H3,(H2,65,82)(H,66,77)(H,67,85)(H,68,84)(H,69,87)(H,70,79)(H,71,83)(H,72,78)(H,73,80)(H,74,86)/t45-,46-,47-,48-,49-,61?/m0/s1. The fourth-order valence-electron chi connectivity index (χ4n) is 8.89. The molecule has 16 N–H and O–H groups in total. The molecule has 1 saturated heterocycles. The van der Waals surface area contributed by atoms with E-state index in [1.165, 1.54) is 23.9 Å². The smallest absolute Gasteiger partial charge is 0.247 e. The molecule has 0 bridgehead atoms. The highest BCUT2D eigenvalue weighted by Gasteiger charge is 2.34. The van der Waals surface area contributed by atoms with Gasteiger partial charge in [-0.1, -0.05) is 56.3 Å². The summed E-state index contributed by atoms with van der Waals surface area (Å²) < 4.78 is 18.3. The summed E-state index contributed by atoms with van der Waals surface area (Å²) in [6.07, 6.45) is 3.17. The van der Waals surface area contributed by atoms with E-state index in [1.54, 1.807) is 36.4 Å². The number of primary amides is 1. The Kier molecular flexibility index (Phi) is 36.7. The van der Waals surface area contributed by atoms with Gasteiger partial charge in [0.1, 0.15) is 35.0 Å². The van der Waals surface area contributed by atoms with Crippen LogP contribution in [0.4, 0.5) is 0 Å². The molecule has 1 aliphatic heterocycles. The normalized spacial score (nSPS) is 14.8. The van der Waals surface area contributed by atoms with E-state index in [2.05, 4.69) is 98.3 Å². The number of nitrogens with two attached hydrogens (primary N) is 2. The summed E-state index contributed by atoms with van der Waals surface area (Å²) in [5.74, 6) is -4.17. The van der Waals surface area contributed by atoms with Gasteiger partial charge >= 0.3 is 0 Å². The van der Waals surface area contributed by atoms with Gasteiger partial charge in [-0.3, -0.25) is 53.3 Å². The lowest BCUT2D eigenvalue weighted by Gasteiger charge is -2.24. The molecule has 4 rings (SSSR count). The SMILES string of the molecule is CC(C)C[C@H](NC(=O)[C@H](Cc1ccccc1)NC(=O)CNC(=O)CNC(=O)[C@@H](N)Cc1ccc(O)cc1)C(=O)NCCCOCCOCCOCCCNC(=O)CCC(=O)N[C@@H](CCCCNC(=O)[C@@H]1CSC(C(=O)NCCc2cc(I)c(O)c(I)c2)N1)C(N)=O. The highest BCUT2D eigenvalue weighted by Crippen LogP contribution is 2.27. The van der Waals surface area contributed by atoms with Gasteiger partial charge in [-0.15, -0.1) is 11.8 Å². The first kappa shape index (κ1) is 77.0. The van der Waals surface area contributed by atoms with E-state index in [0.29, 0.717) is 109 Å². The Morgan fingerprint density at radius 1 is 0.582 bits per heavy atom. The molecule has 0 spiro atoms. The predicted molar refractivity (Wildman–Crippen MR) is 358 cm³/mol. The number of amides is 10. The molecule has 1 unspecified atom stereocenters. The third-order valence-corrected chi connectivity index (χ3v) is 16.6. The average molecular weight is 1520 g/mol. The Bertz CT molecular complexity index is 2810. The van der Waals surface area contributed by atoms with Gasteiger partial charge in [0.2, 0.25) is 59.1 Å². The van der Waals surface area contributed by atoms with Gasteiger partial charge in [0.25, 0.3) is 0 Å². The van der Waals surface area contributed by atoms with Crippen LogP contribution in [0.15, 0.2) is 66.7 Å². The van der Waals surface area contributed by atoms with Crippen LogP contribution in [0.5, 0.6) is 11.5 Å². The van der Waals surface area contributed by atoms with Crippen molar-refractivity contribution in [3.8, 4) is 11.5 Å². The van der Waals surface area contributed by atoms with Gasteiger partial charge in [0.15, 0.2) is 0 Å². The van der Waals surface area contributed by atoms with Gasteiger partial charge in [-0.05, 0) is 143 Å². The number of phenolic OH excluding ortho intramolecular Hbond substituents is 2. The topological polar surface area (TPSA) is 411 Å². The number of aromatic hydroxyl groups is 2. The first-order valence-corrected chi connectivity index (χ1v) is 33.5. The minimum atomic E-state index is -1.10. The summed E-state index contributed by atoms with van der Waals surface area (Å²) in [4.78, 5) is 128. The lowest BCUT2D eigenvalue weighted by atomic mass is 10.0. The minimum Gasteiger partial charge on any atom is -0.508 e. The second kappa shape index (κ2) is 43.4. The minimum absolute atomic E-state index is 0.0241. The Morgan fingerprint density at radius 2 is 1.16 bits per heavy atom. The summed E-state index contributed by atoms with van der Waals surface area (Å²) in [6, 6.07) is 14.4. The molecular weight excluding hydrogens is 1430 g/mol. The maximum absolute atomic E-state index is 13.8. The molecule has 10 amide bonds. The number of hydrogen-bond donors (Lipinski definition) is 14. The number of phenols is 2. The predicted octanol–water partition coefficient (Wildman–Crippen LogP) is 0.157. The molecule has 0 aromatic heterocycles. The maximum atomic E-state index is 13.8. The summed E-state index contributed by atoms with van der Waals surface area (Å²) in [5, 5.41) is 46.2. The monoisotopic (exact) mass is 1510 g/mol. The number of carbonyl (C=O) groups is 10. The quantitative estimate of drug-likeness (QED) is 0.0265. The van der Waals surface area contributed by atoms with Crippen LogP contribution in [0.1, 0.15) is 81.9 Å².